The van der Waals surface area contributed by atoms with Gasteiger partial charge in [-0.1, -0.05) is 83.9 Å². The number of fused-ring (bicyclic) bond motifs is 3. The van der Waals surface area contributed by atoms with Crippen LogP contribution in [0.2, 0.25) is 10.3 Å². The predicted octanol–water partition coefficient (Wildman–Crippen LogP) is 7.20. The first-order valence-electron chi connectivity index (χ1n) is 22.4. The molecule has 11 aromatic rings. The average Bonchev–Trinajstić information content (AvgIpc) is 4.25. The van der Waals surface area contributed by atoms with E-state index in [9.17, 15) is 9.59 Å². The van der Waals surface area contributed by atoms with Gasteiger partial charge in [0.05, 0.1) is 65.5 Å². The molecule has 5 aromatic carbocycles. The Morgan fingerprint density at radius 2 is 0.923 bits per heavy atom. The lowest BCUT2D eigenvalue weighted by Crippen LogP contribution is -2.29. The summed E-state index contributed by atoms with van der Waals surface area (Å²) in [5.74, 6) is 0.847. The summed E-state index contributed by atoms with van der Waals surface area (Å²) in [5, 5.41) is 66.2. The molecule has 78 heavy (non-hydrogen) atoms. The van der Waals surface area contributed by atoms with Crippen LogP contribution in [0.25, 0.3) is 55.6 Å². The topological polar surface area (TPSA) is 276 Å². The van der Waals surface area contributed by atoms with Crippen molar-refractivity contribution in [1.29, 1.82) is 10.5 Å². The third-order valence-electron chi connectivity index (χ3n) is 10.6. The summed E-state index contributed by atoms with van der Waals surface area (Å²) in [4.78, 5) is 36.2. The molecule has 0 radical (unpaired) electrons. The third-order valence-corrected chi connectivity index (χ3v) is 11.8. The van der Waals surface area contributed by atoms with Crippen LogP contribution in [-0.2, 0) is 9.59 Å². The number of benzene rings is 5. The van der Waals surface area contributed by atoms with Crippen LogP contribution >= 0.6 is 45.8 Å². The van der Waals surface area contributed by atoms with E-state index in [4.69, 9.17) is 65.1 Å². The van der Waals surface area contributed by atoms with Gasteiger partial charge in [-0.25, -0.2) is 33.3 Å². The van der Waals surface area contributed by atoms with Crippen LogP contribution in [0.1, 0.15) is 11.1 Å². The summed E-state index contributed by atoms with van der Waals surface area (Å²) in [6.07, 6.45) is 5.24. The van der Waals surface area contributed by atoms with Gasteiger partial charge in [-0.05, 0) is 131 Å². The second-order valence-electron chi connectivity index (χ2n) is 15.6. The number of hydrogen-bond donors (Lipinski definition) is 4. The van der Waals surface area contributed by atoms with Gasteiger partial charge in [-0.2, -0.15) is 25.8 Å². The number of nitriles is 2. The maximum absolute atomic E-state index is 10.4. The van der Waals surface area contributed by atoms with Gasteiger partial charge in [0.15, 0.2) is 22.6 Å². The second kappa shape index (κ2) is 27.4. The molecule has 11 rings (SSSR count). The Morgan fingerprint density at radius 1 is 0.526 bits per heavy atom. The minimum atomic E-state index is -1.49. The van der Waals surface area contributed by atoms with E-state index in [0.717, 1.165) is 54.4 Å². The molecule has 6 aromatic heterocycles. The highest BCUT2D eigenvalue weighted by Gasteiger charge is 2.13. The number of carbonyl (C=O) groups excluding carboxylic acids is 2. The molecule has 25 heteroatoms. The molecule has 0 aliphatic rings. The van der Waals surface area contributed by atoms with Gasteiger partial charge in [-0.15, -0.1) is 0 Å². The first kappa shape index (κ1) is 56.4. The molecular formula is C53H35B2Cl2IN12O8. The van der Waals surface area contributed by atoms with Gasteiger partial charge in [0.25, 0.3) is 12.9 Å². The van der Waals surface area contributed by atoms with Crippen molar-refractivity contribution in [3.05, 3.63) is 213 Å². The Morgan fingerprint density at radius 3 is 1.37 bits per heavy atom. The van der Waals surface area contributed by atoms with Crippen LogP contribution in [0, 0.1) is 32.9 Å². The van der Waals surface area contributed by atoms with Crippen LogP contribution in [0.4, 0.5) is 5.69 Å². The molecule has 0 bridgehead atoms. The normalized spacial score (nSPS) is 10.1. The minimum Gasteiger partial charge on any atom is -0.429 e. The van der Waals surface area contributed by atoms with Crippen molar-refractivity contribution in [2.45, 2.75) is 0 Å². The smallest absolute Gasteiger partial charge is 0.429 e. The lowest BCUT2D eigenvalue weighted by Gasteiger charge is -2.05. The molecule has 0 aliphatic carbocycles. The standard InChI is InChI=1S/C20H12N4O2.C13H7ClN4.C7H6BNO2.C7H7BO4.C6H3ClIN3/c21-11-14-1-3-16(4-2-14)19-12-22-20-10-9-18(23-24(19)20)15-5-7-17(8-6-15)26-13-25;14-12-5-6-13-16-8-11(18(13)17-12)10-3-1-9(7-15)2-4-10;1-9-7-4-2-6(3-5-7)8(10)11;9-5-12-7-3-1-6(2-4-7)8(10)11;7-4-1-2-6-9-3-5(8)11(6)10-4/h1-10,12-13H;1-6,8H;2-5,10-11H;1-5,10-11H;1-3H. The quantitative estimate of drug-likeness (QED) is 0.0481. The fraction of sp³-hybridized carbons (Fsp3) is 0. The average molecular weight is 1190 g/mol. The first-order valence-corrected chi connectivity index (χ1v) is 24.3. The highest BCUT2D eigenvalue weighted by molar-refractivity contribution is 14.1. The highest BCUT2D eigenvalue weighted by Crippen LogP contribution is 2.25. The van der Waals surface area contributed by atoms with Crippen LogP contribution in [0.3, 0.4) is 0 Å². The van der Waals surface area contributed by atoms with Crippen LogP contribution in [-0.4, -0.2) is 91.1 Å². The van der Waals surface area contributed by atoms with Crippen molar-refractivity contribution in [2.24, 2.45) is 0 Å². The van der Waals surface area contributed by atoms with E-state index in [1.54, 1.807) is 92.8 Å². The largest absolute Gasteiger partial charge is 0.488 e. The van der Waals surface area contributed by atoms with E-state index in [2.05, 4.69) is 74.6 Å². The maximum Gasteiger partial charge on any atom is 0.488 e. The summed E-state index contributed by atoms with van der Waals surface area (Å²) in [7, 11) is -2.94. The Hall–Kier alpha value is -9.35. The summed E-state index contributed by atoms with van der Waals surface area (Å²) < 4.78 is 15.4. The third kappa shape index (κ3) is 14.9. The fourth-order valence-corrected chi connectivity index (χ4v) is 7.55. The Bertz CT molecular complexity index is 3940. The van der Waals surface area contributed by atoms with Gasteiger partial charge in [0.2, 0.25) is 0 Å². The lowest BCUT2D eigenvalue weighted by molar-refractivity contribution is -0.121. The van der Waals surface area contributed by atoms with Crippen LogP contribution < -0.4 is 20.4 Å². The van der Waals surface area contributed by atoms with Crippen molar-refractivity contribution >= 4 is 107 Å². The molecule has 0 saturated carbocycles. The number of carbonyl (C=O) groups is 2. The Kier molecular flexibility index (Phi) is 19.8. The van der Waals surface area contributed by atoms with Crippen LogP contribution in [0.5, 0.6) is 11.5 Å². The SMILES string of the molecule is Clc1ccc2ncc(I)n2n1.N#Cc1ccc(-c2cnc3ccc(-c4ccc(OC=O)cc4)nn23)cc1.N#Cc1ccc(-c2cnc3ccc(Cl)nn23)cc1.O=COc1ccc(B(O)O)cc1.[C-]#[N+]c1ccc(B(O)O)cc1. The van der Waals surface area contributed by atoms with Gasteiger partial charge < -0.3 is 29.6 Å². The molecule has 20 nitrogen and oxygen atoms in total. The molecule has 0 amide bonds. The van der Waals surface area contributed by atoms with Gasteiger partial charge in [0, 0.05) is 16.7 Å². The van der Waals surface area contributed by atoms with E-state index in [0.29, 0.717) is 62.5 Å². The van der Waals surface area contributed by atoms with Gasteiger partial charge in [-0.3, -0.25) is 9.59 Å². The van der Waals surface area contributed by atoms with Crippen molar-refractivity contribution in [1.82, 2.24) is 43.8 Å². The Labute approximate surface area is 467 Å². The summed E-state index contributed by atoms with van der Waals surface area (Å²) in [6, 6.07) is 48.7. The molecule has 0 fully saturated rings. The number of halogens is 3. The van der Waals surface area contributed by atoms with Crippen molar-refractivity contribution in [3.8, 4) is 57.4 Å². The number of imidazole rings is 3. The predicted molar refractivity (Wildman–Crippen MR) is 300 cm³/mol. The second-order valence-corrected chi connectivity index (χ2v) is 17.4. The number of nitrogens with zero attached hydrogens (tertiary/aromatic N) is 12. The molecule has 6 heterocycles. The zero-order valence-electron chi connectivity index (χ0n) is 40.0. The summed E-state index contributed by atoms with van der Waals surface area (Å²) in [6.45, 7) is 7.33. The fourth-order valence-electron chi connectivity index (χ4n) is 6.78. The summed E-state index contributed by atoms with van der Waals surface area (Å²) in [5.41, 5.74) is 9.98. The van der Waals surface area contributed by atoms with Gasteiger partial charge in [0.1, 0.15) is 25.5 Å². The molecule has 4 N–H and O–H groups in total. The molecular weight excluding hydrogens is 1150 g/mol. The van der Waals surface area contributed by atoms with E-state index < -0.39 is 14.2 Å². The number of aromatic nitrogens is 9. The molecule has 0 spiro atoms. The molecule has 0 aliphatic heterocycles. The van der Waals surface area contributed by atoms with Crippen molar-refractivity contribution < 1.29 is 39.2 Å². The maximum atomic E-state index is 10.4. The van der Waals surface area contributed by atoms with Crippen LogP contribution in [0.15, 0.2) is 176 Å². The zero-order chi connectivity index (χ0) is 55.6. The first-order chi connectivity index (χ1) is 37.8. The Balaban J connectivity index is 0.000000149. The van der Waals surface area contributed by atoms with E-state index in [1.807, 2.05) is 60.7 Å². The van der Waals surface area contributed by atoms with E-state index in [-0.39, 0.29) is 0 Å². The van der Waals surface area contributed by atoms with Crippen molar-refractivity contribution in [3.63, 3.8) is 0 Å². The lowest BCUT2D eigenvalue weighted by atomic mass is 9.80. The molecule has 0 unspecified atom stereocenters. The number of hydrogen-bond acceptors (Lipinski definition) is 16. The number of rotatable bonds is 9. The minimum absolute atomic E-state index is 0.310. The molecule has 0 atom stereocenters. The van der Waals surface area contributed by atoms with E-state index in [1.165, 1.54) is 36.4 Å². The van der Waals surface area contributed by atoms with Crippen molar-refractivity contribution in [2.75, 3.05) is 0 Å². The molecule has 382 valence electrons. The molecule has 0 saturated heterocycles. The van der Waals surface area contributed by atoms with E-state index >= 15 is 0 Å². The summed E-state index contributed by atoms with van der Waals surface area (Å²) >= 11 is 13.7. The monoisotopic (exact) mass is 1190 g/mol. The highest BCUT2D eigenvalue weighted by atomic mass is 127. The van der Waals surface area contributed by atoms with Gasteiger partial charge >= 0.3 is 14.2 Å². The zero-order valence-corrected chi connectivity index (χ0v) is 43.6. The number of ether oxygens (including phenoxy) is 2.